The number of ether oxygens (including phenoxy) is 1. The maximum absolute atomic E-state index is 11.7. The minimum Gasteiger partial charge on any atom is -0.484 e. The number of amides is 1. The summed E-state index contributed by atoms with van der Waals surface area (Å²) in [5.74, 6) is 0.359. The number of nitrogens with zero attached hydrogens (tertiary/aromatic N) is 1. The van der Waals surface area contributed by atoms with Crippen molar-refractivity contribution in [3.05, 3.63) is 24.3 Å². The average Bonchev–Trinajstić information content (AvgIpc) is 2.46. The zero-order valence-corrected chi connectivity index (χ0v) is 15.0. The van der Waals surface area contributed by atoms with Crippen molar-refractivity contribution in [1.29, 1.82) is 0 Å². The van der Waals surface area contributed by atoms with Crippen LogP contribution in [0, 0.1) is 0 Å². The highest BCUT2D eigenvalue weighted by Crippen LogP contribution is 2.21. The Morgan fingerprint density at radius 3 is 2.35 bits per heavy atom. The Hall–Kier alpha value is -1.76. The summed E-state index contributed by atoms with van der Waals surface area (Å²) in [6, 6.07) is 6.78. The van der Waals surface area contributed by atoms with E-state index in [1.165, 1.54) is 10.6 Å². The van der Waals surface area contributed by atoms with Gasteiger partial charge in [-0.3, -0.25) is 9.10 Å². The molecule has 1 rings (SSSR count). The minimum atomic E-state index is -3.30. The van der Waals surface area contributed by atoms with Crippen LogP contribution in [-0.4, -0.2) is 39.8 Å². The molecule has 0 bridgehead atoms. The average molecular weight is 342 g/mol. The fourth-order valence-corrected chi connectivity index (χ4v) is 3.26. The highest BCUT2D eigenvalue weighted by molar-refractivity contribution is 7.92. The molecule has 0 fully saturated rings. The summed E-state index contributed by atoms with van der Waals surface area (Å²) in [7, 11) is -3.30. The van der Waals surface area contributed by atoms with Gasteiger partial charge in [-0.1, -0.05) is 13.3 Å². The Kier molecular flexibility index (Phi) is 7.35. The van der Waals surface area contributed by atoms with E-state index >= 15 is 0 Å². The van der Waals surface area contributed by atoms with Gasteiger partial charge >= 0.3 is 0 Å². The van der Waals surface area contributed by atoms with E-state index in [1.54, 1.807) is 31.2 Å². The lowest BCUT2D eigenvalue weighted by molar-refractivity contribution is -0.123. The SMILES string of the molecule is CCC[C@H](C)NC(=O)COc1ccc(N(CC)S(C)(=O)=O)cc1. The van der Waals surface area contributed by atoms with E-state index in [-0.39, 0.29) is 18.6 Å². The molecule has 23 heavy (non-hydrogen) atoms. The van der Waals surface area contributed by atoms with Crippen LogP contribution in [0.3, 0.4) is 0 Å². The zero-order valence-electron chi connectivity index (χ0n) is 14.2. The number of benzene rings is 1. The maximum Gasteiger partial charge on any atom is 0.258 e. The molecule has 0 aliphatic heterocycles. The Bertz CT molecular complexity index is 599. The molecular formula is C16H26N2O4S. The smallest absolute Gasteiger partial charge is 0.258 e. The van der Waals surface area contributed by atoms with Crippen LogP contribution in [-0.2, 0) is 14.8 Å². The highest BCUT2D eigenvalue weighted by Gasteiger charge is 2.15. The van der Waals surface area contributed by atoms with Gasteiger partial charge in [0, 0.05) is 12.6 Å². The van der Waals surface area contributed by atoms with Crippen LogP contribution in [0.25, 0.3) is 0 Å². The molecule has 6 nitrogen and oxygen atoms in total. The second-order valence-corrected chi connectivity index (χ2v) is 7.37. The molecule has 0 unspecified atom stereocenters. The lowest BCUT2D eigenvalue weighted by Gasteiger charge is -2.20. The third-order valence-corrected chi connectivity index (χ3v) is 4.58. The minimum absolute atomic E-state index is 0.0586. The molecule has 7 heteroatoms. The van der Waals surface area contributed by atoms with E-state index in [2.05, 4.69) is 12.2 Å². The normalized spacial score (nSPS) is 12.5. The predicted molar refractivity (Wildman–Crippen MR) is 92.3 cm³/mol. The van der Waals surface area contributed by atoms with Gasteiger partial charge in [-0.05, 0) is 44.5 Å². The summed E-state index contributed by atoms with van der Waals surface area (Å²) in [5.41, 5.74) is 0.573. The van der Waals surface area contributed by atoms with Crippen LogP contribution in [0.15, 0.2) is 24.3 Å². The van der Waals surface area contributed by atoms with Gasteiger partial charge in [0.1, 0.15) is 5.75 Å². The number of anilines is 1. The first-order chi connectivity index (χ1) is 10.8. The summed E-state index contributed by atoms with van der Waals surface area (Å²) < 4.78 is 30.0. The molecule has 1 amide bonds. The second-order valence-electron chi connectivity index (χ2n) is 5.47. The highest BCUT2D eigenvalue weighted by atomic mass is 32.2. The fraction of sp³-hybridized carbons (Fsp3) is 0.562. The fourth-order valence-electron chi connectivity index (χ4n) is 2.29. The van der Waals surface area contributed by atoms with Crippen LogP contribution < -0.4 is 14.4 Å². The topological polar surface area (TPSA) is 75.7 Å². The first-order valence-corrected chi connectivity index (χ1v) is 9.62. The van der Waals surface area contributed by atoms with Crippen LogP contribution in [0.5, 0.6) is 5.75 Å². The van der Waals surface area contributed by atoms with Crippen LogP contribution in [0.1, 0.15) is 33.6 Å². The zero-order chi connectivity index (χ0) is 17.5. The summed E-state index contributed by atoms with van der Waals surface area (Å²) in [5, 5.41) is 2.86. The molecule has 130 valence electrons. The molecule has 1 atom stereocenters. The molecule has 0 saturated carbocycles. The second kappa shape index (κ2) is 8.76. The van der Waals surface area contributed by atoms with E-state index < -0.39 is 10.0 Å². The predicted octanol–water partition coefficient (Wildman–Crippen LogP) is 2.16. The molecule has 0 radical (unpaired) electrons. The molecule has 0 spiro atoms. The van der Waals surface area contributed by atoms with Gasteiger partial charge in [0.2, 0.25) is 10.0 Å². The third-order valence-electron chi connectivity index (χ3n) is 3.31. The lowest BCUT2D eigenvalue weighted by atomic mass is 10.2. The van der Waals surface area contributed by atoms with E-state index in [0.717, 1.165) is 12.8 Å². The Morgan fingerprint density at radius 1 is 1.26 bits per heavy atom. The largest absolute Gasteiger partial charge is 0.484 e. The van der Waals surface area contributed by atoms with E-state index in [9.17, 15) is 13.2 Å². The number of hydrogen-bond acceptors (Lipinski definition) is 4. The van der Waals surface area contributed by atoms with Gasteiger partial charge in [0.25, 0.3) is 5.91 Å². The maximum atomic E-state index is 11.7. The summed E-state index contributed by atoms with van der Waals surface area (Å²) in [4.78, 5) is 11.7. The van der Waals surface area contributed by atoms with Crippen molar-refractivity contribution in [2.24, 2.45) is 0 Å². The van der Waals surface area contributed by atoms with Crippen molar-refractivity contribution in [3.8, 4) is 5.75 Å². The third kappa shape index (κ3) is 6.48. The van der Waals surface area contributed by atoms with Gasteiger partial charge in [0.05, 0.1) is 11.9 Å². The molecule has 0 aliphatic carbocycles. The van der Waals surface area contributed by atoms with Crippen LogP contribution in [0.4, 0.5) is 5.69 Å². The Balaban J connectivity index is 2.59. The van der Waals surface area contributed by atoms with Crippen molar-refractivity contribution in [3.63, 3.8) is 0 Å². The van der Waals surface area contributed by atoms with Crippen molar-refractivity contribution in [2.75, 3.05) is 23.7 Å². The van der Waals surface area contributed by atoms with Gasteiger partial charge in [0.15, 0.2) is 6.61 Å². The molecule has 0 aromatic heterocycles. The van der Waals surface area contributed by atoms with Crippen molar-refractivity contribution < 1.29 is 17.9 Å². The molecule has 0 heterocycles. The standard InChI is InChI=1S/C16H26N2O4S/c1-5-7-13(3)17-16(19)12-22-15-10-8-14(9-11-15)18(6-2)23(4,20)21/h8-11,13H,5-7,12H2,1-4H3,(H,17,19)/t13-/m0/s1. The van der Waals surface area contributed by atoms with Crippen LogP contribution in [0.2, 0.25) is 0 Å². The number of sulfonamides is 1. The molecule has 1 N–H and O–H groups in total. The van der Waals surface area contributed by atoms with E-state index in [1.807, 2.05) is 6.92 Å². The van der Waals surface area contributed by atoms with Crippen molar-refractivity contribution in [1.82, 2.24) is 5.32 Å². The molecule has 1 aromatic carbocycles. The number of hydrogen-bond donors (Lipinski definition) is 1. The number of carbonyl (C=O) groups excluding carboxylic acids is 1. The van der Waals surface area contributed by atoms with Gasteiger partial charge in [-0.15, -0.1) is 0 Å². The van der Waals surface area contributed by atoms with Crippen molar-refractivity contribution >= 4 is 21.6 Å². The summed E-state index contributed by atoms with van der Waals surface area (Å²) in [6.07, 6.45) is 3.11. The first kappa shape index (κ1) is 19.3. The first-order valence-electron chi connectivity index (χ1n) is 7.77. The van der Waals surface area contributed by atoms with Gasteiger partial charge in [-0.2, -0.15) is 0 Å². The molecule has 1 aromatic rings. The number of carbonyl (C=O) groups is 1. The van der Waals surface area contributed by atoms with E-state index in [4.69, 9.17) is 4.74 Å². The van der Waals surface area contributed by atoms with E-state index in [0.29, 0.717) is 18.0 Å². The number of rotatable bonds is 9. The molecular weight excluding hydrogens is 316 g/mol. The van der Waals surface area contributed by atoms with Crippen molar-refractivity contribution in [2.45, 2.75) is 39.7 Å². The summed E-state index contributed by atoms with van der Waals surface area (Å²) >= 11 is 0. The van der Waals surface area contributed by atoms with Gasteiger partial charge < -0.3 is 10.1 Å². The molecule has 0 aliphatic rings. The van der Waals surface area contributed by atoms with Crippen LogP contribution >= 0.6 is 0 Å². The summed E-state index contributed by atoms with van der Waals surface area (Å²) in [6.45, 7) is 6.10. The molecule has 0 saturated heterocycles. The Labute approximate surface area is 138 Å². The monoisotopic (exact) mass is 342 g/mol. The number of nitrogens with one attached hydrogen (secondary N) is 1. The van der Waals surface area contributed by atoms with Gasteiger partial charge in [-0.25, -0.2) is 8.42 Å². The lowest BCUT2D eigenvalue weighted by Crippen LogP contribution is -2.35. The quantitative estimate of drug-likeness (QED) is 0.746. The Morgan fingerprint density at radius 2 is 1.87 bits per heavy atom.